The van der Waals surface area contributed by atoms with Crippen LogP contribution in [-0.4, -0.2) is 56.2 Å². The summed E-state index contributed by atoms with van der Waals surface area (Å²) in [7, 11) is 7.91. The number of ether oxygens (including phenoxy) is 5. The molecule has 0 aliphatic rings. The maximum Gasteiger partial charge on any atom is 0.274 e. The van der Waals surface area contributed by atoms with Gasteiger partial charge in [0.25, 0.3) is 5.91 Å². The van der Waals surface area contributed by atoms with E-state index in [1.807, 2.05) is 60.7 Å². The molecule has 11 heteroatoms. The Labute approximate surface area is 238 Å². The predicted molar refractivity (Wildman–Crippen MR) is 156 cm³/mol. The summed E-state index contributed by atoms with van der Waals surface area (Å²) in [5.41, 5.74) is 2.57. The van der Waals surface area contributed by atoms with Gasteiger partial charge in [0.2, 0.25) is 11.9 Å². The van der Waals surface area contributed by atoms with Crippen molar-refractivity contribution >= 4 is 23.9 Å². The average molecular weight is 560 g/mol. The van der Waals surface area contributed by atoms with Crippen molar-refractivity contribution in [3.8, 4) is 28.7 Å². The molecule has 1 aromatic heterocycles. The second-order valence-corrected chi connectivity index (χ2v) is 8.67. The molecular weight excluding hydrogens is 526 g/mol. The monoisotopic (exact) mass is 559 g/mol. The van der Waals surface area contributed by atoms with Crippen molar-refractivity contribution in [2.45, 2.75) is 13.1 Å². The van der Waals surface area contributed by atoms with E-state index < -0.39 is 5.91 Å². The number of carbonyl (C=O) groups is 1. The zero-order chi connectivity index (χ0) is 29.2. The number of anilines is 2. The molecule has 0 aliphatic carbocycles. The summed E-state index contributed by atoms with van der Waals surface area (Å²) in [4.78, 5) is 17.8. The molecule has 0 atom stereocenters. The molecule has 0 saturated heterocycles. The summed E-state index contributed by atoms with van der Waals surface area (Å²) >= 11 is 0. The molecule has 0 bridgehead atoms. The lowest BCUT2D eigenvalue weighted by Crippen LogP contribution is -2.14. The second kappa shape index (κ2) is 13.7. The van der Waals surface area contributed by atoms with Crippen molar-refractivity contribution in [1.29, 1.82) is 0 Å². The van der Waals surface area contributed by atoms with Crippen LogP contribution >= 0.6 is 0 Å². The van der Waals surface area contributed by atoms with Gasteiger partial charge in [0.1, 0.15) is 5.75 Å². The second-order valence-electron chi connectivity index (χ2n) is 8.67. The number of nitrogens with zero attached hydrogens (tertiary/aromatic N) is 3. The zero-order valence-corrected chi connectivity index (χ0v) is 23.6. The van der Waals surface area contributed by atoms with Crippen LogP contribution in [0.5, 0.6) is 28.7 Å². The lowest BCUT2D eigenvalue weighted by Gasteiger charge is -2.10. The molecule has 0 aliphatic heterocycles. The molecule has 0 spiro atoms. The average Bonchev–Trinajstić information content (AvgIpc) is 3.44. The smallest absolute Gasteiger partial charge is 0.274 e. The van der Waals surface area contributed by atoms with E-state index in [1.54, 1.807) is 41.6 Å². The Balaban J connectivity index is 1.57. The van der Waals surface area contributed by atoms with E-state index in [9.17, 15) is 4.79 Å². The third kappa shape index (κ3) is 7.07. The summed E-state index contributed by atoms with van der Waals surface area (Å²) in [5, 5.41) is 10.8. The molecule has 0 saturated carbocycles. The van der Waals surface area contributed by atoms with Gasteiger partial charge >= 0.3 is 0 Å². The zero-order valence-electron chi connectivity index (χ0n) is 23.6. The first kappa shape index (κ1) is 28.8. The van der Waals surface area contributed by atoms with E-state index in [-0.39, 0.29) is 11.9 Å². The normalized spacial score (nSPS) is 10.8. The number of rotatable bonds is 13. The minimum Gasteiger partial charge on any atom is -0.496 e. The quantitative estimate of drug-likeness (QED) is 0.219. The first-order chi connectivity index (χ1) is 20.0. The molecular formula is C30H33N5O6. The fourth-order valence-electron chi connectivity index (χ4n) is 4.03. The summed E-state index contributed by atoms with van der Waals surface area (Å²) in [6.07, 6.45) is 3.10. The van der Waals surface area contributed by atoms with Gasteiger partial charge in [-0.25, -0.2) is 0 Å². The fourth-order valence-corrected chi connectivity index (χ4v) is 4.03. The minimum atomic E-state index is -0.391. The van der Waals surface area contributed by atoms with Gasteiger partial charge in [-0.15, -0.1) is 5.10 Å². The van der Waals surface area contributed by atoms with Crippen LogP contribution in [0.15, 0.2) is 66.7 Å². The number of benzene rings is 3. The standard InChI is InChI=1S/C30H33N5O6/c1-37-23-9-7-6-8-22(23)12-15-28(36)35-30(32-19-21-11-14-25(39-3)27(17-21)41-5)33-29(34-35)31-18-20-10-13-24(38-2)26(16-20)40-4/h6-17H,18-19H2,1-5H3,(H2,31,32,33,34). The SMILES string of the molecule is COc1ccccc1C=CC(=O)n1nc(NCc2ccc(OC)c(OC)c2)nc1NCc1ccc(OC)c(OC)c1. The summed E-state index contributed by atoms with van der Waals surface area (Å²) in [6, 6.07) is 18.6. The highest BCUT2D eigenvalue weighted by atomic mass is 16.5. The van der Waals surface area contributed by atoms with E-state index in [0.29, 0.717) is 41.8 Å². The Morgan fingerprint density at radius 2 is 1.29 bits per heavy atom. The van der Waals surface area contributed by atoms with E-state index in [1.165, 1.54) is 10.8 Å². The van der Waals surface area contributed by atoms with E-state index >= 15 is 0 Å². The lowest BCUT2D eigenvalue weighted by atomic mass is 10.2. The van der Waals surface area contributed by atoms with Crippen LogP contribution in [0, 0.1) is 0 Å². The summed E-state index contributed by atoms with van der Waals surface area (Å²) in [6.45, 7) is 0.752. The minimum absolute atomic E-state index is 0.268. The number of para-hydroxylation sites is 1. The van der Waals surface area contributed by atoms with Gasteiger partial charge in [-0.2, -0.15) is 9.67 Å². The van der Waals surface area contributed by atoms with Gasteiger partial charge in [0.15, 0.2) is 23.0 Å². The van der Waals surface area contributed by atoms with Gasteiger partial charge < -0.3 is 34.3 Å². The van der Waals surface area contributed by atoms with E-state index in [2.05, 4.69) is 20.7 Å². The first-order valence-electron chi connectivity index (χ1n) is 12.7. The van der Waals surface area contributed by atoms with Gasteiger partial charge in [-0.05, 0) is 47.5 Å². The molecule has 4 aromatic rings. The fraction of sp³-hybridized carbons (Fsp3) is 0.233. The lowest BCUT2D eigenvalue weighted by molar-refractivity contribution is 0.0957. The molecule has 0 fully saturated rings. The van der Waals surface area contributed by atoms with Gasteiger partial charge in [-0.1, -0.05) is 30.3 Å². The van der Waals surface area contributed by atoms with Gasteiger partial charge in [0, 0.05) is 24.7 Å². The highest BCUT2D eigenvalue weighted by Crippen LogP contribution is 2.29. The molecule has 214 valence electrons. The summed E-state index contributed by atoms with van der Waals surface area (Å²) in [5.74, 6) is 3.26. The largest absolute Gasteiger partial charge is 0.496 e. The van der Waals surface area contributed by atoms with Gasteiger partial charge in [0.05, 0.1) is 35.5 Å². The maximum absolute atomic E-state index is 13.3. The van der Waals surface area contributed by atoms with Crippen molar-refractivity contribution in [2.24, 2.45) is 0 Å². The van der Waals surface area contributed by atoms with Crippen molar-refractivity contribution in [1.82, 2.24) is 14.8 Å². The highest BCUT2D eigenvalue weighted by molar-refractivity contribution is 5.95. The van der Waals surface area contributed by atoms with Crippen LogP contribution in [0.3, 0.4) is 0 Å². The van der Waals surface area contributed by atoms with Crippen molar-refractivity contribution < 1.29 is 28.5 Å². The number of hydrogen-bond donors (Lipinski definition) is 2. The van der Waals surface area contributed by atoms with E-state index in [0.717, 1.165) is 16.7 Å². The Bertz CT molecular complexity index is 1520. The number of methoxy groups -OCH3 is 5. The number of carbonyl (C=O) groups excluding carboxylic acids is 1. The molecule has 4 rings (SSSR count). The van der Waals surface area contributed by atoms with Crippen molar-refractivity contribution in [3.05, 3.63) is 83.4 Å². The van der Waals surface area contributed by atoms with Crippen molar-refractivity contribution in [2.75, 3.05) is 46.2 Å². The molecule has 2 N–H and O–H groups in total. The first-order valence-corrected chi connectivity index (χ1v) is 12.7. The number of allylic oxidation sites excluding steroid dienone is 1. The molecule has 3 aromatic carbocycles. The van der Waals surface area contributed by atoms with Crippen molar-refractivity contribution in [3.63, 3.8) is 0 Å². The van der Waals surface area contributed by atoms with Crippen LogP contribution in [0.1, 0.15) is 21.5 Å². The van der Waals surface area contributed by atoms with Crippen LogP contribution in [0.25, 0.3) is 6.08 Å². The number of aromatic nitrogens is 3. The molecule has 11 nitrogen and oxygen atoms in total. The Morgan fingerprint density at radius 1 is 0.732 bits per heavy atom. The maximum atomic E-state index is 13.3. The molecule has 41 heavy (non-hydrogen) atoms. The summed E-state index contributed by atoms with van der Waals surface area (Å²) < 4.78 is 28.0. The number of hydrogen-bond acceptors (Lipinski definition) is 10. The molecule has 0 unspecified atom stereocenters. The molecule has 1 heterocycles. The van der Waals surface area contributed by atoms with Crippen LogP contribution in [0.2, 0.25) is 0 Å². The Hall–Kier alpha value is -5.19. The third-order valence-corrected chi connectivity index (χ3v) is 6.16. The Kier molecular flexibility index (Phi) is 9.66. The van der Waals surface area contributed by atoms with Crippen LogP contribution in [0.4, 0.5) is 11.9 Å². The third-order valence-electron chi connectivity index (χ3n) is 6.16. The molecule has 0 radical (unpaired) electrons. The van der Waals surface area contributed by atoms with Crippen LogP contribution in [-0.2, 0) is 13.1 Å². The Morgan fingerprint density at radius 3 is 1.88 bits per heavy atom. The molecule has 0 amide bonds. The number of nitrogens with one attached hydrogen (secondary N) is 2. The topological polar surface area (TPSA) is 118 Å². The van der Waals surface area contributed by atoms with Gasteiger partial charge in [-0.3, -0.25) is 4.79 Å². The predicted octanol–water partition coefficient (Wildman–Crippen LogP) is 4.90. The van der Waals surface area contributed by atoms with E-state index in [4.69, 9.17) is 23.7 Å². The van der Waals surface area contributed by atoms with Crippen LogP contribution < -0.4 is 34.3 Å². The highest BCUT2D eigenvalue weighted by Gasteiger charge is 2.16.